The van der Waals surface area contributed by atoms with Crippen molar-refractivity contribution in [1.29, 1.82) is 0 Å². The third-order valence-corrected chi connectivity index (χ3v) is 6.41. The van der Waals surface area contributed by atoms with Crippen LogP contribution >= 0.6 is 0 Å². The number of carbonyl (C=O) groups is 1. The van der Waals surface area contributed by atoms with Gasteiger partial charge in [-0.25, -0.2) is 4.39 Å². The summed E-state index contributed by atoms with van der Waals surface area (Å²) < 4.78 is 39.1. The Bertz CT molecular complexity index is 1110. The van der Waals surface area contributed by atoms with Crippen molar-refractivity contribution in [3.8, 4) is 0 Å². The molecule has 2 aromatic carbocycles. The molecule has 4 N–H and O–H groups in total. The molecule has 34 heavy (non-hydrogen) atoms. The van der Waals surface area contributed by atoms with Crippen LogP contribution in [0.1, 0.15) is 49.0 Å². The van der Waals surface area contributed by atoms with E-state index in [0.29, 0.717) is 45.0 Å². The molecule has 2 aromatic rings. The van der Waals surface area contributed by atoms with E-state index < -0.39 is 21.8 Å². The minimum absolute atomic E-state index is 0.0288. The van der Waals surface area contributed by atoms with Crippen LogP contribution in [-0.2, 0) is 26.9 Å². The smallest absolute Gasteiger partial charge is 0.261 e. The first kappa shape index (κ1) is 26.2. The topological polar surface area (TPSA) is 127 Å². The average molecular weight is 495 g/mol. The molecule has 1 fully saturated rings. The summed E-state index contributed by atoms with van der Waals surface area (Å²) in [6, 6.07) is 11.7. The molecule has 2 atom stereocenters. The van der Waals surface area contributed by atoms with E-state index in [1.54, 1.807) is 12.1 Å². The van der Waals surface area contributed by atoms with Crippen molar-refractivity contribution in [3.63, 3.8) is 0 Å². The van der Waals surface area contributed by atoms with Crippen molar-refractivity contribution in [3.05, 3.63) is 65.0 Å². The number of fused-ring (bicyclic) bond motifs is 1. The number of anilines is 1. The van der Waals surface area contributed by atoms with Crippen LogP contribution in [0.4, 0.5) is 10.1 Å². The molecule has 1 saturated heterocycles. The van der Waals surface area contributed by atoms with Gasteiger partial charge in [0.05, 0.1) is 18.0 Å². The molecule has 0 saturated carbocycles. The van der Waals surface area contributed by atoms with Crippen molar-refractivity contribution >= 4 is 21.7 Å². The lowest BCUT2D eigenvalue weighted by Crippen LogP contribution is -2.47. The van der Waals surface area contributed by atoms with Crippen LogP contribution in [-0.4, -0.2) is 59.4 Å². The Morgan fingerprint density at radius 3 is 2.26 bits per heavy atom. The van der Waals surface area contributed by atoms with Gasteiger partial charge in [-0.1, -0.05) is 24.3 Å². The summed E-state index contributed by atoms with van der Waals surface area (Å²) in [6.07, 6.45) is 2.28. The quantitative estimate of drug-likeness (QED) is 0.481. The van der Waals surface area contributed by atoms with E-state index in [4.69, 9.17) is 4.55 Å². The Morgan fingerprint density at radius 2 is 1.68 bits per heavy atom. The molecule has 0 spiro atoms. The number of carbonyl (C=O) groups excluding carboxylic acids is 1. The molecular weight excluding hydrogens is 463 g/mol. The number of hydrogen-bond acceptors (Lipinski definition) is 6. The zero-order valence-electron chi connectivity index (χ0n) is 19.2. The first-order chi connectivity index (χ1) is 15.9. The third kappa shape index (κ3) is 6.83. The average Bonchev–Trinajstić information content (AvgIpc) is 2.77. The molecule has 0 unspecified atom stereocenters. The SMILES string of the molecule is CS(=O)(=O)O.C[C@@H]([C@@H](O)c1ccc2c(c1)CCC(=O)N2)N1CCC(O)(c2ccc(F)cc2)CC1. The highest BCUT2D eigenvalue weighted by atomic mass is 32.2. The molecule has 1 amide bonds. The number of benzene rings is 2. The van der Waals surface area contributed by atoms with Gasteiger partial charge in [0.15, 0.2) is 0 Å². The van der Waals surface area contributed by atoms with Crippen molar-refractivity contribution in [2.75, 3.05) is 24.7 Å². The van der Waals surface area contributed by atoms with E-state index in [1.807, 2.05) is 25.1 Å². The summed E-state index contributed by atoms with van der Waals surface area (Å²) >= 11 is 0. The molecule has 0 aromatic heterocycles. The maximum Gasteiger partial charge on any atom is 0.261 e. The molecule has 186 valence electrons. The monoisotopic (exact) mass is 494 g/mol. The van der Waals surface area contributed by atoms with Gasteiger partial charge < -0.3 is 15.5 Å². The number of piperidine rings is 1. The highest BCUT2D eigenvalue weighted by Gasteiger charge is 2.36. The summed E-state index contributed by atoms with van der Waals surface area (Å²) in [5.74, 6) is -0.280. The van der Waals surface area contributed by atoms with Crippen LogP contribution in [0.2, 0.25) is 0 Å². The second-order valence-corrected chi connectivity index (χ2v) is 10.4. The molecule has 2 aliphatic heterocycles. The maximum atomic E-state index is 13.2. The maximum absolute atomic E-state index is 13.2. The summed E-state index contributed by atoms with van der Waals surface area (Å²) in [7, 11) is -3.67. The Kier molecular flexibility index (Phi) is 8.10. The lowest BCUT2D eigenvalue weighted by Gasteiger charge is -2.42. The summed E-state index contributed by atoms with van der Waals surface area (Å²) in [6.45, 7) is 3.29. The van der Waals surface area contributed by atoms with Gasteiger partial charge in [-0.15, -0.1) is 0 Å². The fourth-order valence-corrected chi connectivity index (χ4v) is 4.42. The second-order valence-electron chi connectivity index (χ2n) is 8.96. The largest absolute Gasteiger partial charge is 0.387 e. The number of hydrogen-bond donors (Lipinski definition) is 4. The molecule has 8 nitrogen and oxygen atoms in total. The number of nitrogens with one attached hydrogen (secondary N) is 1. The summed E-state index contributed by atoms with van der Waals surface area (Å²) in [4.78, 5) is 13.7. The standard InChI is InChI=1S/C23H27FN2O3.CH4O3S/c1-15(22(28)17-2-8-20-16(14-17)3-9-21(27)25-20)26-12-10-23(29,11-13-26)18-4-6-19(24)7-5-18;1-5(2,3)4/h2,4-8,14-15,22,28-29H,3,9-13H2,1H3,(H,25,27);1H3,(H,2,3,4)/t15-,22+;/m0./s1. The number of halogens is 1. The molecular formula is C24H31FN2O6S. The van der Waals surface area contributed by atoms with Crippen LogP contribution in [0.15, 0.2) is 42.5 Å². The molecule has 0 radical (unpaired) electrons. The third-order valence-electron chi connectivity index (χ3n) is 6.41. The van der Waals surface area contributed by atoms with E-state index >= 15 is 0 Å². The van der Waals surface area contributed by atoms with Crippen LogP contribution in [0.25, 0.3) is 0 Å². The van der Waals surface area contributed by atoms with E-state index in [0.717, 1.165) is 22.4 Å². The van der Waals surface area contributed by atoms with Crippen molar-refractivity contribution in [2.24, 2.45) is 0 Å². The van der Waals surface area contributed by atoms with Gasteiger partial charge in [-0.2, -0.15) is 8.42 Å². The van der Waals surface area contributed by atoms with E-state index in [2.05, 4.69) is 10.2 Å². The van der Waals surface area contributed by atoms with Crippen LogP contribution in [0.5, 0.6) is 0 Å². The fraction of sp³-hybridized carbons (Fsp3) is 0.458. The van der Waals surface area contributed by atoms with Gasteiger partial charge in [-0.3, -0.25) is 14.2 Å². The minimum atomic E-state index is -3.67. The minimum Gasteiger partial charge on any atom is -0.387 e. The number of aliphatic hydroxyl groups excluding tert-OH is 1. The fourth-order valence-electron chi connectivity index (χ4n) is 4.42. The zero-order valence-corrected chi connectivity index (χ0v) is 20.1. The van der Waals surface area contributed by atoms with Crippen molar-refractivity contribution < 1.29 is 32.4 Å². The number of nitrogens with zero attached hydrogens (tertiary/aromatic N) is 1. The lowest BCUT2D eigenvalue weighted by atomic mass is 9.83. The Labute approximate surface area is 199 Å². The van der Waals surface area contributed by atoms with Crippen molar-refractivity contribution in [1.82, 2.24) is 4.90 Å². The number of aryl methyl sites for hydroxylation is 1. The van der Waals surface area contributed by atoms with Gasteiger partial charge >= 0.3 is 0 Å². The van der Waals surface area contributed by atoms with Gasteiger partial charge in [0, 0.05) is 31.2 Å². The first-order valence-electron chi connectivity index (χ1n) is 11.1. The number of rotatable bonds is 4. The van der Waals surface area contributed by atoms with Crippen LogP contribution in [0, 0.1) is 5.82 Å². The normalized spacial score (nSPS) is 19.8. The van der Waals surface area contributed by atoms with E-state index in [-0.39, 0.29) is 17.8 Å². The molecule has 2 aliphatic rings. The zero-order chi connectivity index (χ0) is 25.1. The lowest BCUT2D eigenvalue weighted by molar-refractivity contribution is -0.116. The predicted molar refractivity (Wildman–Crippen MR) is 126 cm³/mol. The van der Waals surface area contributed by atoms with Gasteiger partial charge in [0.25, 0.3) is 10.1 Å². The summed E-state index contributed by atoms with van der Waals surface area (Å²) in [5, 5.41) is 24.8. The number of aliphatic hydroxyl groups is 2. The Hall–Kier alpha value is -2.37. The van der Waals surface area contributed by atoms with Crippen LogP contribution < -0.4 is 5.32 Å². The highest BCUT2D eigenvalue weighted by molar-refractivity contribution is 7.85. The number of likely N-dealkylation sites (tertiary alicyclic amines) is 1. The predicted octanol–water partition coefficient (Wildman–Crippen LogP) is 2.62. The van der Waals surface area contributed by atoms with Crippen molar-refractivity contribution in [2.45, 2.75) is 50.4 Å². The van der Waals surface area contributed by atoms with E-state index in [9.17, 15) is 27.8 Å². The molecule has 0 bridgehead atoms. The first-order valence-corrected chi connectivity index (χ1v) is 13.0. The van der Waals surface area contributed by atoms with Gasteiger partial charge in [0.2, 0.25) is 5.91 Å². The summed E-state index contributed by atoms with van der Waals surface area (Å²) in [5.41, 5.74) is 2.50. The molecule has 0 aliphatic carbocycles. The van der Waals surface area contributed by atoms with Gasteiger partial charge in [0.1, 0.15) is 5.82 Å². The van der Waals surface area contributed by atoms with E-state index in [1.165, 1.54) is 12.1 Å². The second kappa shape index (κ2) is 10.5. The molecule has 10 heteroatoms. The van der Waals surface area contributed by atoms with Crippen LogP contribution in [0.3, 0.4) is 0 Å². The Balaban J connectivity index is 0.000000588. The van der Waals surface area contributed by atoms with Gasteiger partial charge in [-0.05, 0) is 61.1 Å². The number of amides is 1. The molecule has 2 heterocycles. The highest BCUT2D eigenvalue weighted by Crippen LogP contribution is 2.35. The Morgan fingerprint density at radius 1 is 1.09 bits per heavy atom. The molecule has 4 rings (SSSR count).